The fourth-order valence-electron chi connectivity index (χ4n) is 0. The van der Waals surface area contributed by atoms with Gasteiger partial charge >= 0.3 is 18.9 Å². The van der Waals surface area contributed by atoms with Crippen LogP contribution in [-0.4, -0.2) is 24.3 Å². The van der Waals surface area contributed by atoms with Crippen molar-refractivity contribution in [2.75, 3.05) is 0 Å². The zero-order valence-corrected chi connectivity index (χ0v) is 6.22. The monoisotopic (exact) mass is 255 g/mol. The van der Waals surface area contributed by atoms with E-state index in [1.54, 1.807) is 0 Å². The Morgan fingerprint density at radius 3 is 1.00 bits per heavy atom. The largest absolute Gasteiger partial charge is 0 e. The van der Waals surface area contributed by atoms with Crippen molar-refractivity contribution in [3.63, 3.8) is 0 Å². The summed E-state index contributed by atoms with van der Waals surface area (Å²) in [5.41, 5.74) is 0. The van der Waals surface area contributed by atoms with Crippen molar-refractivity contribution in [3.8, 4) is 0 Å². The van der Waals surface area contributed by atoms with Gasteiger partial charge in [0.1, 0.15) is 0 Å². The van der Waals surface area contributed by atoms with E-state index in [2.05, 4.69) is 0 Å². The van der Waals surface area contributed by atoms with Crippen molar-refractivity contribution in [1.82, 2.24) is 0 Å². The topological polar surface area (TPSA) is 31.5 Å². The molecular weight excluding hydrogens is 252 g/mol. The second-order valence-corrected chi connectivity index (χ2v) is 0. The van der Waals surface area contributed by atoms with Gasteiger partial charge in [-0.15, -0.1) is 0 Å². The van der Waals surface area contributed by atoms with Crippen LogP contribution < -0.4 is 0 Å². The molecule has 0 bridgehead atoms. The SMILES string of the molecule is O.[LiH].[Ta].[Ti]. The van der Waals surface area contributed by atoms with Crippen LogP contribution in [0.2, 0.25) is 0 Å². The van der Waals surface area contributed by atoms with Crippen LogP contribution >= 0.6 is 0 Å². The minimum absolute atomic E-state index is 0. The van der Waals surface area contributed by atoms with Crippen LogP contribution in [0.25, 0.3) is 0 Å². The summed E-state index contributed by atoms with van der Waals surface area (Å²) in [4.78, 5) is 0. The summed E-state index contributed by atoms with van der Waals surface area (Å²) in [5, 5.41) is 0. The molecule has 0 fully saturated rings. The molecule has 0 aromatic heterocycles. The summed E-state index contributed by atoms with van der Waals surface area (Å²) < 4.78 is 0. The Labute approximate surface area is 67.8 Å². The minimum Gasteiger partial charge on any atom is 0 e. The number of hydrogen-bond acceptors (Lipinski definition) is 0. The first-order valence-electron chi connectivity index (χ1n) is 0. The molecule has 4 heavy (non-hydrogen) atoms. The average molecular weight is 255 g/mol. The molecular formula is H3LiOTaTi. The third-order valence-corrected chi connectivity index (χ3v) is 0. The van der Waals surface area contributed by atoms with Crippen molar-refractivity contribution in [2.45, 2.75) is 0 Å². The quantitative estimate of drug-likeness (QED) is 0.473. The van der Waals surface area contributed by atoms with Crippen molar-refractivity contribution in [1.29, 1.82) is 0 Å². The van der Waals surface area contributed by atoms with Crippen molar-refractivity contribution in [3.05, 3.63) is 0 Å². The van der Waals surface area contributed by atoms with Crippen LogP contribution in [-0.2, 0) is 44.1 Å². The van der Waals surface area contributed by atoms with Gasteiger partial charge in [-0.2, -0.15) is 0 Å². The molecule has 1 radical (unpaired) electrons. The van der Waals surface area contributed by atoms with E-state index in [0.717, 1.165) is 0 Å². The minimum atomic E-state index is 0. The zero-order valence-electron chi connectivity index (χ0n) is 1.45. The van der Waals surface area contributed by atoms with Gasteiger partial charge < -0.3 is 5.48 Å². The smallest absolute Gasteiger partial charge is 0 e. The number of rotatable bonds is 0. The summed E-state index contributed by atoms with van der Waals surface area (Å²) >= 11 is 0. The van der Waals surface area contributed by atoms with E-state index in [4.69, 9.17) is 0 Å². The fraction of sp³-hybridized carbons (Fsp3) is 0. The normalized spacial score (nSPS) is 0. The predicted molar refractivity (Wildman–Crippen MR) is 10.8 cm³/mol. The van der Waals surface area contributed by atoms with Gasteiger partial charge in [0.05, 0.1) is 0 Å². The van der Waals surface area contributed by atoms with Gasteiger partial charge in [-0.3, -0.25) is 0 Å². The molecule has 0 rings (SSSR count). The van der Waals surface area contributed by atoms with Gasteiger partial charge in [0.25, 0.3) is 0 Å². The second kappa shape index (κ2) is 19.9. The predicted octanol–water partition coefficient (Wildman–Crippen LogP) is -1.48. The summed E-state index contributed by atoms with van der Waals surface area (Å²) in [5.74, 6) is 0. The molecule has 0 aliphatic carbocycles. The first-order valence-corrected chi connectivity index (χ1v) is 0. The third kappa shape index (κ3) is 8.99. The average Bonchev–Trinajstić information content (AvgIpc) is 0. The van der Waals surface area contributed by atoms with E-state index in [1.165, 1.54) is 0 Å². The summed E-state index contributed by atoms with van der Waals surface area (Å²) in [6.45, 7) is 0. The van der Waals surface area contributed by atoms with E-state index < -0.39 is 0 Å². The van der Waals surface area contributed by atoms with Crippen LogP contribution in [0.3, 0.4) is 0 Å². The Kier molecular flexibility index (Phi) is 186. The second-order valence-electron chi connectivity index (χ2n) is 0. The van der Waals surface area contributed by atoms with Crippen molar-refractivity contribution < 1.29 is 49.6 Å². The summed E-state index contributed by atoms with van der Waals surface area (Å²) in [7, 11) is 0. The van der Waals surface area contributed by atoms with E-state index in [9.17, 15) is 0 Å². The van der Waals surface area contributed by atoms with E-state index in [-0.39, 0.29) is 68.4 Å². The Morgan fingerprint density at radius 2 is 1.00 bits per heavy atom. The molecule has 0 amide bonds. The molecule has 0 aromatic carbocycles. The van der Waals surface area contributed by atoms with Crippen LogP contribution in [0.4, 0.5) is 0 Å². The first-order chi connectivity index (χ1) is 0. The van der Waals surface area contributed by atoms with Crippen LogP contribution in [0.1, 0.15) is 0 Å². The fourth-order valence-corrected chi connectivity index (χ4v) is 0. The molecule has 0 saturated carbocycles. The van der Waals surface area contributed by atoms with E-state index >= 15 is 0 Å². The molecule has 19 valence electrons. The maximum Gasteiger partial charge on any atom is 0 e. The zero-order chi connectivity index (χ0) is 0. The first kappa shape index (κ1) is 37.3. The molecule has 0 aliphatic rings. The standard InChI is InChI=1S/Li.H2O.Ta.Ti.H/h;1H2;;;. The molecule has 0 aliphatic heterocycles. The van der Waals surface area contributed by atoms with Gasteiger partial charge in [-0.05, 0) is 0 Å². The Bertz CT molecular complexity index is 8.00. The summed E-state index contributed by atoms with van der Waals surface area (Å²) in [6, 6.07) is 0. The van der Waals surface area contributed by atoms with E-state index in [1.807, 2.05) is 0 Å². The van der Waals surface area contributed by atoms with Crippen molar-refractivity contribution in [2.24, 2.45) is 0 Å². The Balaban J connectivity index is 0. The third-order valence-electron chi connectivity index (χ3n) is 0. The van der Waals surface area contributed by atoms with Gasteiger partial charge in [-0.1, -0.05) is 0 Å². The number of hydrogen-bond donors (Lipinski definition) is 0. The van der Waals surface area contributed by atoms with E-state index in [0.29, 0.717) is 0 Å². The molecule has 1 nitrogen and oxygen atoms in total. The van der Waals surface area contributed by atoms with Gasteiger partial charge in [0.15, 0.2) is 0 Å². The van der Waals surface area contributed by atoms with Gasteiger partial charge in [-0.25, -0.2) is 0 Å². The molecule has 2 N–H and O–H groups in total. The molecule has 0 aromatic rings. The molecule has 0 atom stereocenters. The molecule has 0 heterocycles. The molecule has 4 heteroatoms. The maximum atomic E-state index is 0. The Hall–Kier alpha value is 2.01. The summed E-state index contributed by atoms with van der Waals surface area (Å²) in [6.07, 6.45) is 0. The Morgan fingerprint density at radius 1 is 1.00 bits per heavy atom. The van der Waals surface area contributed by atoms with Crippen LogP contribution in [0.15, 0.2) is 0 Å². The van der Waals surface area contributed by atoms with Gasteiger partial charge in [0, 0.05) is 44.1 Å². The van der Waals surface area contributed by atoms with Crippen molar-refractivity contribution >= 4 is 18.9 Å². The molecule has 0 saturated heterocycles. The van der Waals surface area contributed by atoms with Gasteiger partial charge in [0.2, 0.25) is 0 Å². The van der Waals surface area contributed by atoms with Crippen LogP contribution in [0.5, 0.6) is 0 Å². The molecule has 0 unspecified atom stereocenters. The van der Waals surface area contributed by atoms with Crippen LogP contribution in [0, 0.1) is 0 Å². The molecule has 0 spiro atoms. The maximum absolute atomic E-state index is 0.